The van der Waals surface area contributed by atoms with E-state index in [4.69, 9.17) is 4.74 Å². The number of benzene rings is 7. The van der Waals surface area contributed by atoms with Gasteiger partial charge in [-0.15, -0.1) is 0 Å². The predicted octanol–water partition coefficient (Wildman–Crippen LogP) is 11.2. The lowest BCUT2D eigenvalue weighted by molar-refractivity contribution is 0.478. The molecule has 0 saturated heterocycles. The fourth-order valence-electron chi connectivity index (χ4n) is 6.66. The van der Waals surface area contributed by atoms with Crippen molar-refractivity contribution in [2.24, 2.45) is 0 Å². The minimum Gasteiger partial charge on any atom is -0.453 e. The Morgan fingerprint density at radius 3 is 1.80 bits per heavy atom. The van der Waals surface area contributed by atoms with E-state index in [-0.39, 0.29) is 0 Å². The average molecular weight is 607 g/mol. The molecule has 9 rings (SSSR count). The number of nitrogens with zero attached hydrogens (tertiary/aromatic N) is 4. The Balaban J connectivity index is 1.38. The van der Waals surface area contributed by atoms with Crippen molar-refractivity contribution in [3.8, 4) is 23.6 Å². The molecule has 0 spiro atoms. The lowest BCUT2D eigenvalue weighted by Crippen LogP contribution is -2.20. The van der Waals surface area contributed by atoms with E-state index in [2.05, 4.69) is 76.5 Å². The highest BCUT2D eigenvalue weighted by Crippen LogP contribution is 2.57. The zero-order valence-corrected chi connectivity index (χ0v) is 25.1. The van der Waals surface area contributed by atoms with Crippen LogP contribution in [0.3, 0.4) is 0 Å². The Kier molecular flexibility index (Phi) is 5.80. The first-order chi connectivity index (χ1) is 22.7. The highest BCUT2D eigenvalue weighted by Gasteiger charge is 2.33. The van der Waals surface area contributed by atoms with Gasteiger partial charge in [0.2, 0.25) is 0 Å². The Bertz CT molecular complexity index is 2320. The molecule has 0 N–H and O–H groups in total. The number of hydrogen-bond acceptors (Lipinski definition) is 6. The van der Waals surface area contributed by atoms with Gasteiger partial charge in [0, 0.05) is 20.6 Å². The molecule has 2 aliphatic heterocycles. The van der Waals surface area contributed by atoms with E-state index in [1.165, 1.54) is 0 Å². The van der Waals surface area contributed by atoms with E-state index in [0.29, 0.717) is 34.0 Å². The van der Waals surface area contributed by atoms with Crippen molar-refractivity contribution in [3.05, 3.63) is 145 Å². The summed E-state index contributed by atoms with van der Waals surface area (Å²) in [5.41, 5.74) is 5.85. The summed E-state index contributed by atoms with van der Waals surface area (Å²) in [7, 11) is 0. The summed E-state index contributed by atoms with van der Waals surface area (Å²) in [5, 5.41) is 25.5. The molecule has 0 radical (unpaired) electrons. The first-order valence-corrected chi connectivity index (χ1v) is 15.7. The largest absolute Gasteiger partial charge is 0.453 e. The van der Waals surface area contributed by atoms with E-state index >= 15 is 0 Å². The van der Waals surface area contributed by atoms with E-state index < -0.39 is 0 Å². The Morgan fingerprint density at radius 2 is 1.07 bits per heavy atom. The Morgan fingerprint density at radius 1 is 0.478 bits per heavy atom. The maximum atomic E-state index is 10.6. The Hall–Kier alpha value is -6.21. The van der Waals surface area contributed by atoms with Crippen molar-refractivity contribution in [1.82, 2.24) is 0 Å². The van der Waals surface area contributed by atoms with Crippen LogP contribution < -0.4 is 14.5 Å². The van der Waals surface area contributed by atoms with Crippen LogP contribution in [-0.4, -0.2) is 0 Å². The number of fused-ring (bicyclic) bond motifs is 8. The molecule has 0 saturated carbocycles. The summed E-state index contributed by atoms with van der Waals surface area (Å²) >= 11 is 1.73. The number of anilines is 6. The first kappa shape index (κ1) is 26.2. The molecule has 0 unspecified atom stereocenters. The minimum absolute atomic E-state index is 0.397. The van der Waals surface area contributed by atoms with Crippen LogP contribution in [0, 0.1) is 22.7 Å². The molecule has 6 heteroatoms. The van der Waals surface area contributed by atoms with Gasteiger partial charge in [-0.25, -0.2) is 0 Å². The summed E-state index contributed by atoms with van der Waals surface area (Å²) in [4.78, 5) is 6.51. The first-order valence-electron chi connectivity index (χ1n) is 14.9. The second kappa shape index (κ2) is 10.2. The normalized spacial score (nSPS) is 12.7. The standard InChI is InChI=1S/C40H22N4OS/c41-23-27-21-28(24-42)34(44-32-14-6-8-16-37(32)46-38-20-18-26-10-2-4-12-30(26)40(38)44)22-33(27)43-31-13-5-7-15-35(31)45-36-19-17-25-9-1-3-11-29(25)39(36)43/h1-22H. The van der Waals surface area contributed by atoms with Crippen LogP contribution >= 0.6 is 11.8 Å². The lowest BCUT2D eigenvalue weighted by atomic mass is 9.99. The molecular formula is C40H22N4OS. The zero-order chi connectivity index (χ0) is 30.8. The number of hydrogen-bond donors (Lipinski definition) is 0. The summed E-state index contributed by atoms with van der Waals surface area (Å²) in [6.07, 6.45) is 0. The van der Waals surface area contributed by atoms with E-state index in [1.54, 1.807) is 17.8 Å². The molecule has 0 aromatic heterocycles. The van der Waals surface area contributed by atoms with Crippen molar-refractivity contribution in [1.29, 1.82) is 10.5 Å². The second-order valence-electron chi connectivity index (χ2n) is 11.2. The van der Waals surface area contributed by atoms with Crippen molar-refractivity contribution in [2.45, 2.75) is 9.79 Å². The van der Waals surface area contributed by atoms with Crippen molar-refractivity contribution < 1.29 is 4.74 Å². The van der Waals surface area contributed by atoms with E-state index in [9.17, 15) is 10.5 Å². The lowest BCUT2D eigenvalue weighted by Gasteiger charge is -2.37. The molecule has 7 aromatic carbocycles. The molecule has 46 heavy (non-hydrogen) atoms. The van der Waals surface area contributed by atoms with E-state index in [0.717, 1.165) is 54.1 Å². The molecule has 2 heterocycles. The smallest absolute Gasteiger partial charge is 0.152 e. The monoisotopic (exact) mass is 606 g/mol. The molecule has 0 amide bonds. The summed E-state index contributed by atoms with van der Waals surface area (Å²) < 4.78 is 6.45. The van der Waals surface area contributed by atoms with Crippen LogP contribution in [0.1, 0.15) is 11.1 Å². The molecule has 5 nitrogen and oxygen atoms in total. The van der Waals surface area contributed by atoms with Crippen molar-refractivity contribution in [2.75, 3.05) is 9.80 Å². The molecule has 0 atom stereocenters. The van der Waals surface area contributed by atoms with Gasteiger partial charge in [-0.1, -0.05) is 96.7 Å². The molecule has 2 aliphatic rings. The third-order valence-electron chi connectivity index (χ3n) is 8.66. The maximum Gasteiger partial charge on any atom is 0.152 e. The number of nitriles is 2. The van der Waals surface area contributed by atoms with Crippen LogP contribution in [0.5, 0.6) is 11.5 Å². The molecule has 0 bridgehead atoms. The molecule has 0 fully saturated rings. The summed E-state index contributed by atoms with van der Waals surface area (Å²) in [5.74, 6) is 1.39. The van der Waals surface area contributed by atoms with Crippen LogP contribution in [0.2, 0.25) is 0 Å². The average Bonchev–Trinajstić information content (AvgIpc) is 3.12. The van der Waals surface area contributed by atoms with Crippen LogP contribution in [0.4, 0.5) is 34.1 Å². The van der Waals surface area contributed by atoms with Crippen molar-refractivity contribution in [3.63, 3.8) is 0 Å². The van der Waals surface area contributed by atoms with Crippen LogP contribution in [0.25, 0.3) is 21.5 Å². The highest BCUT2D eigenvalue weighted by atomic mass is 32.2. The summed E-state index contributed by atoms with van der Waals surface area (Å²) in [6.45, 7) is 0. The Labute approximate surface area is 269 Å². The van der Waals surface area contributed by atoms with Gasteiger partial charge in [0.15, 0.2) is 11.5 Å². The fourth-order valence-corrected chi connectivity index (χ4v) is 7.74. The van der Waals surface area contributed by atoms with Gasteiger partial charge in [-0.3, -0.25) is 0 Å². The molecule has 7 aromatic rings. The fraction of sp³-hybridized carbons (Fsp3) is 0. The van der Waals surface area contributed by atoms with Crippen molar-refractivity contribution >= 4 is 67.4 Å². The van der Waals surface area contributed by atoms with Gasteiger partial charge in [0.25, 0.3) is 0 Å². The number of para-hydroxylation sites is 3. The number of ether oxygens (including phenoxy) is 1. The van der Waals surface area contributed by atoms with Gasteiger partial charge in [-0.2, -0.15) is 10.5 Å². The molecule has 214 valence electrons. The number of rotatable bonds is 2. The van der Waals surface area contributed by atoms with Gasteiger partial charge in [-0.05, 0) is 59.3 Å². The van der Waals surface area contributed by atoms with Crippen LogP contribution in [-0.2, 0) is 0 Å². The molecular weight excluding hydrogens is 585 g/mol. The topological polar surface area (TPSA) is 63.3 Å². The third-order valence-corrected chi connectivity index (χ3v) is 9.78. The van der Waals surface area contributed by atoms with Gasteiger partial charge < -0.3 is 14.5 Å². The predicted molar refractivity (Wildman–Crippen MR) is 184 cm³/mol. The SMILES string of the molecule is N#Cc1cc(C#N)c(N2c3ccccc3Sc3ccc4ccccc4c32)cc1N1c2ccccc2Oc2ccc3ccccc3c21. The van der Waals surface area contributed by atoms with Crippen LogP contribution in [0.15, 0.2) is 143 Å². The van der Waals surface area contributed by atoms with Gasteiger partial charge in [0.05, 0.1) is 45.3 Å². The third kappa shape index (κ3) is 3.81. The van der Waals surface area contributed by atoms with E-state index in [1.807, 2.05) is 72.8 Å². The minimum atomic E-state index is 0.397. The summed E-state index contributed by atoms with van der Waals surface area (Å²) in [6, 6.07) is 49.6. The second-order valence-corrected chi connectivity index (χ2v) is 12.3. The highest BCUT2D eigenvalue weighted by molar-refractivity contribution is 7.99. The molecule has 0 aliphatic carbocycles. The van der Waals surface area contributed by atoms with Gasteiger partial charge in [0.1, 0.15) is 12.1 Å². The zero-order valence-electron chi connectivity index (χ0n) is 24.3. The quantitative estimate of drug-likeness (QED) is 0.195. The van der Waals surface area contributed by atoms with Gasteiger partial charge >= 0.3 is 0 Å². The maximum absolute atomic E-state index is 10.6.